The molecule has 0 aromatic heterocycles. The molecule has 0 heterocycles. The summed E-state index contributed by atoms with van der Waals surface area (Å²) in [7, 11) is 0. The maximum absolute atomic E-state index is 10.7. The van der Waals surface area contributed by atoms with Crippen LogP contribution in [-0.2, 0) is 17.8 Å². The van der Waals surface area contributed by atoms with Crippen molar-refractivity contribution in [2.45, 2.75) is 32.8 Å². The molecule has 2 aromatic carbocycles. The van der Waals surface area contributed by atoms with Crippen molar-refractivity contribution in [1.29, 1.82) is 5.26 Å². The molecule has 2 aromatic rings. The van der Waals surface area contributed by atoms with E-state index in [-0.39, 0.29) is 6.42 Å². The summed E-state index contributed by atoms with van der Waals surface area (Å²) in [6.45, 7) is 3.23. The van der Waals surface area contributed by atoms with Crippen LogP contribution in [-0.4, -0.2) is 17.6 Å². The number of rotatable bonds is 9. The van der Waals surface area contributed by atoms with E-state index in [1.165, 1.54) is 0 Å². The molecule has 0 aliphatic carbocycles. The van der Waals surface area contributed by atoms with E-state index >= 15 is 0 Å². The Labute approximate surface area is 175 Å². The summed E-state index contributed by atoms with van der Waals surface area (Å²) in [5, 5.41) is 21.3. The first-order valence-corrected chi connectivity index (χ1v) is 10.1. The lowest BCUT2D eigenvalue weighted by atomic mass is 10.1. The second kappa shape index (κ2) is 10.3. The number of hydrogen-bond donors (Lipinski definition) is 2. The number of carboxylic acid groups (broad SMARTS) is 1. The number of nitrogens with one attached hydrogen (secondary N) is 1. The molecule has 0 aliphatic heterocycles. The molecule has 5 nitrogen and oxygen atoms in total. The van der Waals surface area contributed by atoms with Gasteiger partial charge < -0.3 is 15.2 Å². The molecule has 0 aliphatic rings. The molecule has 0 saturated carbocycles. The zero-order valence-corrected chi connectivity index (χ0v) is 18.1. The fraction of sp³-hybridized carbons (Fsp3) is 0.300. The van der Waals surface area contributed by atoms with E-state index in [4.69, 9.17) is 9.84 Å². The molecule has 27 heavy (non-hydrogen) atoms. The van der Waals surface area contributed by atoms with Crippen molar-refractivity contribution in [3.05, 3.63) is 56.0 Å². The number of nitriles is 1. The van der Waals surface area contributed by atoms with Gasteiger partial charge in [-0.25, -0.2) is 0 Å². The van der Waals surface area contributed by atoms with Crippen LogP contribution in [0.2, 0.25) is 0 Å². The Balaban J connectivity index is 2.14. The molecule has 0 spiro atoms. The summed E-state index contributed by atoms with van der Waals surface area (Å²) in [6, 6.07) is 11.5. The standard InChI is InChI=1S/C20H20Br2N2O3/c1-2-5-24-16-7-14(11-23)6-15(8-16)12-27-20-17(21)9-13(10-18(20)22)3-4-19(25)26/h6-10,24H,2-5,12H2,1H3,(H,25,26). The van der Waals surface area contributed by atoms with Gasteiger partial charge in [-0.15, -0.1) is 0 Å². The molecule has 0 amide bonds. The van der Waals surface area contributed by atoms with Gasteiger partial charge in [0.2, 0.25) is 0 Å². The van der Waals surface area contributed by atoms with E-state index in [1.54, 1.807) is 6.07 Å². The number of carboxylic acids is 1. The van der Waals surface area contributed by atoms with Crippen molar-refractivity contribution < 1.29 is 14.6 Å². The lowest BCUT2D eigenvalue weighted by Crippen LogP contribution is -2.03. The third kappa shape index (κ3) is 6.56. The van der Waals surface area contributed by atoms with Gasteiger partial charge in [0.25, 0.3) is 0 Å². The van der Waals surface area contributed by atoms with Gasteiger partial charge in [-0.2, -0.15) is 5.26 Å². The van der Waals surface area contributed by atoms with Crippen molar-refractivity contribution >= 4 is 43.5 Å². The fourth-order valence-corrected chi connectivity index (χ4v) is 4.02. The van der Waals surface area contributed by atoms with Crippen LogP contribution in [0.5, 0.6) is 5.75 Å². The van der Waals surface area contributed by atoms with Crippen molar-refractivity contribution in [2.24, 2.45) is 0 Å². The van der Waals surface area contributed by atoms with Gasteiger partial charge in [0.05, 0.1) is 20.6 Å². The highest BCUT2D eigenvalue weighted by molar-refractivity contribution is 9.11. The van der Waals surface area contributed by atoms with E-state index in [0.717, 1.165) is 38.7 Å². The lowest BCUT2D eigenvalue weighted by Gasteiger charge is -2.13. The Morgan fingerprint density at radius 1 is 1.19 bits per heavy atom. The van der Waals surface area contributed by atoms with E-state index in [9.17, 15) is 10.1 Å². The molecule has 2 N–H and O–H groups in total. The van der Waals surface area contributed by atoms with E-state index in [1.807, 2.05) is 24.3 Å². The molecule has 2 rings (SSSR count). The highest BCUT2D eigenvalue weighted by Crippen LogP contribution is 2.35. The molecule has 0 unspecified atom stereocenters. The van der Waals surface area contributed by atoms with E-state index in [2.05, 4.69) is 50.2 Å². The second-order valence-electron chi connectivity index (χ2n) is 6.03. The highest BCUT2D eigenvalue weighted by Gasteiger charge is 2.11. The molecule has 0 radical (unpaired) electrons. The predicted octanol–water partition coefficient (Wildman–Crippen LogP) is 5.50. The van der Waals surface area contributed by atoms with Crippen LogP contribution in [0.15, 0.2) is 39.3 Å². The number of aliphatic carboxylic acids is 1. The topological polar surface area (TPSA) is 82.3 Å². The Kier molecular flexibility index (Phi) is 8.14. The molecule has 0 atom stereocenters. The van der Waals surface area contributed by atoms with Gasteiger partial charge in [0, 0.05) is 18.7 Å². The van der Waals surface area contributed by atoms with Crippen LogP contribution in [0, 0.1) is 11.3 Å². The van der Waals surface area contributed by atoms with Crippen molar-refractivity contribution in [1.82, 2.24) is 0 Å². The minimum absolute atomic E-state index is 0.0770. The number of hydrogen-bond acceptors (Lipinski definition) is 4. The molecule has 0 saturated heterocycles. The lowest BCUT2D eigenvalue weighted by molar-refractivity contribution is -0.136. The normalized spacial score (nSPS) is 10.3. The number of nitrogens with zero attached hydrogens (tertiary/aromatic N) is 1. The molecule has 142 valence electrons. The van der Waals surface area contributed by atoms with Gasteiger partial charge in [-0.1, -0.05) is 6.92 Å². The summed E-state index contributed by atoms with van der Waals surface area (Å²) in [5.74, 6) is -0.188. The van der Waals surface area contributed by atoms with Gasteiger partial charge in [-0.3, -0.25) is 4.79 Å². The Hall–Kier alpha value is -2.04. The van der Waals surface area contributed by atoms with Crippen LogP contribution < -0.4 is 10.1 Å². The smallest absolute Gasteiger partial charge is 0.303 e. The summed E-state index contributed by atoms with van der Waals surface area (Å²) >= 11 is 6.98. The maximum Gasteiger partial charge on any atom is 0.303 e. The van der Waals surface area contributed by atoms with Crippen LogP contribution in [0.25, 0.3) is 0 Å². The first kappa shape index (κ1) is 21.3. The number of anilines is 1. The molecular formula is C20H20Br2N2O3. The van der Waals surface area contributed by atoms with Crippen molar-refractivity contribution in [3.8, 4) is 11.8 Å². The van der Waals surface area contributed by atoms with Crippen LogP contribution in [0.3, 0.4) is 0 Å². The molecule has 0 fully saturated rings. The average Bonchev–Trinajstić information content (AvgIpc) is 2.63. The number of halogens is 2. The van der Waals surface area contributed by atoms with E-state index < -0.39 is 5.97 Å². The third-order valence-corrected chi connectivity index (χ3v) is 4.95. The zero-order valence-electron chi connectivity index (χ0n) is 14.9. The largest absolute Gasteiger partial charge is 0.487 e. The Bertz CT molecular complexity index is 840. The van der Waals surface area contributed by atoms with Crippen molar-refractivity contribution in [2.75, 3.05) is 11.9 Å². The monoisotopic (exact) mass is 494 g/mol. The van der Waals surface area contributed by atoms with Crippen LogP contribution in [0.4, 0.5) is 5.69 Å². The first-order valence-electron chi connectivity index (χ1n) is 8.53. The minimum atomic E-state index is -0.826. The van der Waals surface area contributed by atoms with Gasteiger partial charge in [0.15, 0.2) is 0 Å². The summed E-state index contributed by atoms with van der Waals surface area (Å²) < 4.78 is 7.44. The number of ether oxygens (including phenoxy) is 1. The van der Waals surface area contributed by atoms with Crippen LogP contribution >= 0.6 is 31.9 Å². The third-order valence-electron chi connectivity index (χ3n) is 3.77. The number of aryl methyl sites for hydroxylation is 1. The Morgan fingerprint density at radius 2 is 1.89 bits per heavy atom. The minimum Gasteiger partial charge on any atom is -0.487 e. The van der Waals surface area contributed by atoms with Gasteiger partial charge >= 0.3 is 5.97 Å². The second-order valence-corrected chi connectivity index (χ2v) is 7.74. The highest BCUT2D eigenvalue weighted by atomic mass is 79.9. The summed E-state index contributed by atoms with van der Waals surface area (Å²) in [6.07, 6.45) is 1.52. The van der Waals surface area contributed by atoms with E-state index in [0.29, 0.717) is 24.3 Å². The molecule has 0 bridgehead atoms. The molecule has 7 heteroatoms. The Morgan fingerprint density at radius 3 is 2.48 bits per heavy atom. The number of carbonyl (C=O) groups is 1. The number of benzene rings is 2. The quantitative estimate of drug-likeness (QED) is 0.479. The predicted molar refractivity (Wildman–Crippen MR) is 112 cm³/mol. The summed E-state index contributed by atoms with van der Waals surface area (Å²) in [4.78, 5) is 10.7. The first-order chi connectivity index (χ1) is 12.9. The van der Waals surface area contributed by atoms with Crippen LogP contribution in [0.1, 0.15) is 36.5 Å². The fourth-order valence-electron chi connectivity index (χ4n) is 2.51. The SMILES string of the molecule is CCCNc1cc(C#N)cc(COc2c(Br)cc(CCC(=O)O)cc2Br)c1. The average molecular weight is 496 g/mol. The zero-order chi connectivity index (χ0) is 19.8. The molecular weight excluding hydrogens is 476 g/mol. The maximum atomic E-state index is 10.7. The summed E-state index contributed by atoms with van der Waals surface area (Å²) in [5.41, 5.74) is 3.27. The van der Waals surface area contributed by atoms with Gasteiger partial charge in [-0.05, 0) is 86.2 Å². The van der Waals surface area contributed by atoms with Crippen molar-refractivity contribution in [3.63, 3.8) is 0 Å². The van der Waals surface area contributed by atoms with Gasteiger partial charge in [0.1, 0.15) is 12.4 Å².